The van der Waals surface area contributed by atoms with Gasteiger partial charge < -0.3 is 14.7 Å². The van der Waals surface area contributed by atoms with Gasteiger partial charge in [0.05, 0.1) is 0 Å². The number of aliphatic hydroxyl groups is 1. The van der Waals surface area contributed by atoms with Crippen molar-refractivity contribution in [1.82, 2.24) is 0 Å². The lowest BCUT2D eigenvalue weighted by molar-refractivity contribution is -0.129. The molecule has 0 fully saturated rings. The lowest BCUT2D eigenvalue weighted by Gasteiger charge is -2.14. The number of rotatable bonds is 5. The van der Waals surface area contributed by atoms with Crippen molar-refractivity contribution in [3.63, 3.8) is 0 Å². The molecule has 0 saturated heterocycles. The molecular weight excluding hydrogens is 170 g/mol. The third kappa shape index (κ3) is 3.63. The number of aliphatic hydroxyl groups excluding tert-OH is 1. The molecule has 0 radical (unpaired) electrons. The van der Waals surface area contributed by atoms with Crippen LogP contribution in [-0.2, 0) is 9.57 Å². The van der Waals surface area contributed by atoms with Gasteiger partial charge in [0, 0.05) is 26.9 Å². The second-order valence-electron chi connectivity index (χ2n) is 3.61. The fourth-order valence-electron chi connectivity index (χ4n) is 1.14. The molecule has 1 N–H and O–H groups in total. The molecule has 0 aliphatic carbocycles. The first-order valence-electron chi connectivity index (χ1n) is 4.69. The van der Waals surface area contributed by atoms with Crippen molar-refractivity contribution < 1.29 is 14.7 Å². The summed E-state index contributed by atoms with van der Waals surface area (Å²) in [4.78, 5) is 5.03. The molecule has 0 aromatic heterocycles. The smallest absolute Gasteiger partial charge is 0.271 e. The van der Waals surface area contributed by atoms with Gasteiger partial charge in [0.25, 0.3) is 5.79 Å². The van der Waals surface area contributed by atoms with Crippen LogP contribution in [0.3, 0.4) is 0 Å². The molecular formula is C9H17NO3. The van der Waals surface area contributed by atoms with E-state index in [4.69, 9.17) is 14.7 Å². The summed E-state index contributed by atoms with van der Waals surface area (Å²) >= 11 is 0. The van der Waals surface area contributed by atoms with Crippen molar-refractivity contribution in [3.8, 4) is 0 Å². The largest absolute Gasteiger partial charge is 0.434 e. The van der Waals surface area contributed by atoms with E-state index in [9.17, 15) is 0 Å². The first-order valence-corrected chi connectivity index (χ1v) is 4.69. The molecule has 0 spiro atoms. The van der Waals surface area contributed by atoms with Crippen molar-refractivity contribution in [2.45, 2.75) is 45.3 Å². The van der Waals surface area contributed by atoms with Crippen LogP contribution in [-0.4, -0.2) is 23.4 Å². The van der Waals surface area contributed by atoms with E-state index >= 15 is 0 Å². The number of ether oxygens (including phenoxy) is 1. The van der Waals surface area contributed by atoms with E-state index in [0.29, 0.717) is 5.90 Å². The summed E-state index contributed by atoms with van der Waals surface area (Å²) in [7, 11) is 0. The zero-order chi connectivity index (χ0) is 9.73. The lowest BCUT2D eigenvalue weighted by Crippen LogP contribution is -2.22. The minimum Gasteiger partial charge on any atom is -0.434 e. The first-order chi connectivity index (χ1) is 6.14. The van der Waals surface area contributed by atoms with Crippen LogP contribution in [0.2, 0.25) is 0 Å². The molecule has 0 atom stereocenters. The Bertz CT molecular complexity index is 189. The highest BCUT2D eigenvalue weighted by Crippen LogP contribution is 2.21. The van der Waals surface area contributed by atoms with Crippen LogP contribution < -0.4 is 0 Å². The van der Waals surface area contributed by atoms with Crippen LogP contribution >= 0.6 is 0 Å². The Kier molecular flexibility index (Phi) is 3.54. The summed E-state index contributed by atoms with van der Waals surface area (Å²) in [6.07, 6.45) is 3.62. The van der Waals surface area contributed by atoms with Gasteiger partial charge in [-0.3, -0.25) is 0 Å². The predicted octanol–water partition coefficient (Wildman–Crippen LogP) is 1.64. The van der Waals surface area contributed by atoms with Crippen molar-refractivity contribution in [3.05, 3.63) is 0 Å². The third-order valence-electron chi connectivity index (χ3n) is 1.78. The predicted molar refractivity (Wildman–Crippen MR) is 49.2 cm³/mol. The molecule has 4 nitrogen and oxygen atoms in total. The highest BCUT2D eigenvalue weighted by molar-refractivity contribution is 5.76. The summed E-state index contributed by atoms with van der Waals surface area (Å²) in [6.45, 7) is 3.92. The molecule has 0 saturated carbocycles. The van der Waals surface area contributed by atoms with Crippen molar-refractivity contribution in [2.24, 2.45) is 5.16 Å². The first kappa shape index (κ1) is 10.3. The summed E-state index contributed by atoms with van der Waals surface area (Å²) in [5.41, 5.74) is 0. The van der Waals surface area contributed by atoms with Gasteiger partial charge in [0.15, 0.2) is 0 Å². The average Bonchev–Trinajstić information content (AvgIpc) is 2.40. The van der Waals surface area contributed by atoms with Gasteiger partial charge in [0.1, 0.15) is 0 Å². The number of oxime groups is 1. The van der Waals surface area contributed by atoms with E-state index in [1.807, 2.05) is 13.8 Å². The zero-order valence-corrected chi connectivity index (χ0v) is 8.25. The normalized spacial score (nSPS) is 19.2. The maximum atomic E-state index is 8.56. The SMILES string of the molecule is CC1(C)ON=C(CCCCCO)O1. The van der Waals surface area contributed by atoms with Crippen LogP contribution in [0.5, 0.6) is 0 Å². The molecule has 1 heterocycles. The summed E-state index contributed by atoms with van der Waals surface area (Å²) in [6, 6.07) is 0. The minimum atomic E-state index is -0.591. The summed E-state index contributed by atoms with van der Waals surface area (Å²) < 4.78 is 5.39. The Morgan fingerprint density at radius 3 is 2.62 bits per heavy atom. The molecule has 0 bridgehead atoms. The Hall–Kier alpha value is -0.770. The van der Waals surface area contributed by atoms with Crippen molar-refractivity contribution >= 4 is 5.90 Å². The van der Waals surface area contributed by atoms with Gasteiger partial charge in [-0.15, -0.1) is 0 Å². The standard InChI is InChI=1S/C9H17NO3/c1-9(2)12-8(10-13-9)6-4-3-5-7-11/h11H,3-7H2,1-2H3. The molecule has 0 aromatic carbocycles. The van der Waals surface area contributed by atoms with Gasteiger partial charge in [-0.2, -0.15) is 0 Å². The van der Waals surface area contributed by atoms with Crippen LogP contribution in [0.1, 0.15) is 39.5 Å². The third-order valence-corrected chi connectivity index (χ3v) is 1.78. The van der Waals surface area contributed by atoms with E-state index in [1.54, 1.807) is 0 Å². The van der Waals surface area contributed by atoms with Gasteiger partial charge in [-0.25, -0.2) is 0 Å². The number of nitrogens with zero attached hydrogens (tertiary/aromatic N) is 1. The molecule has 0 amide bonds. The second-order valence-corrected chi connectivity index (χ2v) is 3.61. The Morgan fingerprint density at radius 2 is 2.08 bits per heavy atom. The van der Waals surface area contributed by atoms with Crippen LogP contribution in [0.4, 0.5) is 0 Å². The van der Waals surface area contributed by atoms with E-state index in [-0.39, 0.29) is 6.61 Å². The Balaban J connectivity index is 2.10. The molecule has 1 aliphatic rings. The van der Waals surface area contributed by atoms with Crippen molar-refractivity contribution in [2.75, 3.05) is 6.61 Å². The van der Waals surface area contributed by atoms with Crippen LogP contribution in [0.15, 0.2) is 5.16 Å². The fraction of sp³-hybridized carbons (Fsp3) is 0.889. The maximum absolute atomic E-state index is 8.56. The molecule has 76 valence electrons. The van der Waals surface area contributed by atoms with E-state index in [2.05, 4.69) is 5.16 Å². The monoisotopic (exact) mass is 187 g/mol. The maximum Gasteiger partial charge on any atom is 0.271 e. The quantitative estimate of drug-likeness (QED) is 0.665. The molecule has 0 aromatic rings. The highest BCUT2D eigenvalue weighted by atomic mass is 16.8. The van der Waals surface area contributed by atoms with E-state index in [0.717, 1.165) is 25.7 Å². The van der Waals surface area contributed by atoms with Crippen LogP contribution in [0.25, 0.3) is 0 Å². The second kappa shape index (κ2) is 4.46. The molecule has 0 unspecified atom stereocenters. The Labute approximate surface area is 78.5 Å². The van der Waals surface area contributed by atoms with Gasteiger partial charge in [-0.1, -0.05) is 6.42 Å². The molecule has 13 heavy (non-hydrogen) atoms. The van der Waals surface area contributed by atoms with Gasteiger partial charge in [-0.05, 0) is 18.0 Å². The molecule has 4 heteroatoms. The van der Waals surface area contributed by atoms with Crippen molar-refractivity contribution in [1.29, 1.82) is 0 Å². The number of hydrogen-bond donors (Lipinski definition) is 1. The van der Waals surface area contributed by atoms with Gasteiger partial charge in [0.2, 0.25) is 5.90 Å². The fourth-order valence-corrected chi connectivity index (χ4v) is 1.14. The number of hydrogen-bond acceptors (Lipinski definition) is 4. The topological polar surface area (TPSA) is 51.0 Å². The molecule has 1 rings (SSSR count). The summed E-state index contributed by atoms with van der Waals surface area (Å²) in [5, 5.41) is 12.4. The number of unbranched alkanes of at least 4 members (excludes halogenated alkanes) is 2. The zero-order valence-electron chi connectivity index (χ0n) is 8.25. The lowest BCUT2D eigenvalue weighted by atomic mass is 10.2. The minimum absolute atomic E-state index is 0.259. The Morgan fingerprint density at radius 1 is 1.31 bits per heavy atom. The van der Waals surface area contributed by atoms with Crippen LogP contribution in [0, 0.1) is 0 Å². The summed E-state index contributed by atoms with van der Waals surface area (Å²) in [5.74, 6) is 0.0784. The highest BCUT2D eigenvalue weighted by Gasteiger charge is 2.29. The molecule has 1 aliphatic heterocycles. The van der Waals surface area contributed by atoms with E-state index < -0.39 is 5.79 Å². The average molecular weight is 187 g/mol. The van der Waals surface area contributed by atoms with Gasteiger partial charge >= 0.3 is 0 Å². The van der Waals surface area contributed by atoms with E-state index in [1.165, 1.54) is 0 Å².